The van der Waals surface area contributed by atoms with Gasteiger partial charge in [-0.2, -0.15) is 0 Å². The largest absolute Gasteiger partial charge is 0.466 e. The van der Waals surface area contributed by atoms with Crippen molar-refractivity contribution in [3.05, 3.63) is 0 Å². The third-order valence-corrected chi connectivity index (χ3v) is 12.6. The van der Waals surface area contributed by atoms with E-state index in [1.807, 2.05) is 0 Å². The van der Waals surface area contributed by atoms with Crippen LogP contribution in [-0.2, 0) is 28.6 Å². The molecule has 0 aliphatic rings. The minimum Gasteiger partial charge on any atom is -0.466 e. The van der Waals surface area contributed by atoms with Crippen LogP contribution in [0.5, 0.6) is 0 Å². The van der Waals surface area contributed by atoms with E-state index in [4.69, 9.17) is 14.2 Å². The molecule has 0 saturated heterocycles. The van der Waals surface area contributed by atoms with Crippen molar-refractivity contribution in [2.75, 3.05) is 32.8 Å². The fourth-order valence-corrected chi connectivity index (χ4v) is 8.42. The lowest BCUT2D eigenvalue weighted by atomic mass is 9.92. The van der Waals surface area contributed by atoms with Crippen molar-refractivity contribution in [3.63, 3.8) is 0 Å². The maximum Gasteiger partial charge on any atom is 0.306 e. The summed E-state index contributed by atoms with van der Waals surface area (Å²) in [4.78, 5) is 40.1. The minimum absolute atomic E-state index is 0.0178. The topological polar surface area (TPSA) is 82.1 Å². The summed E-state index contributed by atoms with van der Waals surface area (Å²) in [6.45, 7) is 17.7. The highest BCUT2D eigenvalue weighted by atomic mass is 16.5. The Bertz CT molecular complexity index is 847. The van der Waals surface area contributed by atoms with E-state index >= 15 is 0 Å². The molecule has 0 radical (unpaired) electrons. The molecule has 0 aromatic heterocycles. The summed E-state index contributed by atoms with van der Waals surface area (Å²) >= 11 is 0. The zero-order valence-corrected chi connectivity index (χ0v) is 40.4. The first-order chi connectivity index (χ1) is 28.8. The Morgan fingerprint density at radius 2 is 0.712 bits per heavy atom. The molecule has 0 aliphatic heterocycles. The molecule has 0 spiro atoms. The molecule has 0 fully saturated rings. The van der Waals surface area contributed by atoms with Crippen molar-refractivity contribution in [3.8, 4) is 0 Å². The minimum atomic E-state index is -0.0481. The third kappa shape index (κ3) is 39.0. The van der Waals surface area contributed by atoms with Gasteiger partial charge in [-0.25, -0.2) is 0 Å². The number of ether oxygens (including phenoxy) is 3. The Hall–Kier alpha value is -1.63. The van der Waals surface area contributed by atoms with E-state index in [-0.39, 0.29) is 24.0 Å². The van der Waals surface area contributed by atoms with Crippen molar-refractivity contribution >= 4 is 17.9 Å². The number of nitrogens with zero attached hydrogens (tertiary/aromatic N) is 1. The lowest BCUT2D eigenvalue weighted by Crippen LogP contribution is -2.24. The van der Waals surface area contributed by atoms with Crippen LogP contribution < -0.4 is 0 Å². The summed E-state index contributed by atoms with van der Waals surface area (Å²) in [6, 6.07) is 0. The summed E-state index contributed by atoms with van der Waals surface area (Å²) in [5.74, 6) is 1.26. The Morgan fingerprint density at radius 3 is 1.10 bits per heavy atom. The van der Waals surface area contributed by atoms with Gasteiger partial charge in [0, 0.05) is 19.3 Å². The molecule has 7 nitrogen and oxygen atoms in total. The van der Waals surface area contributed by atoms with Crippen LogP contribution in [0.1, 0.15) is 266 Å². The highest BCUT2D eigenvalue weighted by molar-refractivity contribution is 5.70. The average molecular weight is 836 g/mol. The number of unbranched alkanes of at least 4 members (excludes halogenated alkanes) is 17. The molecule has 350 valence electrons. The molecule has 0 bridgehead atoms. The number of hydrogen-bond donors (Lipinski definition) is 0. The van der Waals surface area contributed by atoms with E-state index in [0.29, 0.717) is 44.3 Å². The molecule has 7 heteroatoms. The van der Waals surface area contributed by atoms with Crippen molar-refractivity contribution in [2.45, 2.75) is 272 Å². The second-order valence-corrected chi connectivity index (χ2v) is 17.9. The van der Waals surface area contributed by atoms with Crippen LogP contribution in [0, 0.1) is 11.8 Å². The Labute approximate surface area is 367 Å². The highest BCUT2D eigenvalue weighted by Crippen LogP contribution is 2.23. The molecule has 59 heavy (non-hydrogen) atoms. The average Bonchev–Trinajstić information content (AvgIpc) is 3.22. The fraction of sp³-hybridized carbons (Fsp3) is 0.942. The Morgan fingerprint density at radius 1 is 0.373 bits per heavy atom. The van der Waals surface area contributed by atoms with Gasteiger partial charge in [0.05, 0.1) is 13.2 Å². The van der Waals surface area contributed by atoms with Crippen LogP contribution in [0.15, 0.2) is 0 Å². The molecular weight excluding hydrogens is 735 g/mol. The smallest absolute Gasteiger partial charge is 0.306 e. The normalized spacial score (nSPS) is 11.7. The van der Waals surface area contributed by atoms with Gasteiger partial charge in [-0.1, -0.05) is 183 Å². The van der Waals surface area contributed by atoms with E-state index < -0.39 is 0 Å². The maximum absolute atomic E-state index is 12.9. The second-order valence-electron chi connectivity index (χ2n) is 17.9. The summed E-state index contributed by atoms with van der Waals surface area (Å²) in [7, 11) is 0. The standard InChI is InChI=1S/C52H101NO6/c1-7-13-23-33-47(34-24-14-8-2)42-45-57-50(54)39-29-21-17-19-27-37-49(59-52(56)41-31-32-44-53(11-5)12-6)38-28-20-18-22-30-40-51(55)58-46-43-48(35-25-15-9-3)36-26-16-10-4/h47-49H,7-46H2,1-6H3. The zero-order valence-electron chi connectivity index (χ0n) is 40.4. The van der Waals surface area contributed by atoms with E-state index in [1.165, 1.54) is 103 Å². The monoisotopic (exact) mass is 836 g/mol. The van der Waals surface area contributed by atoms with E-state index in [2.05, 4.69) is 46.4 Å². The molecule has 0 amide bonds. The van der Waals surface area contributed by atoms with Crippen LogP contribution in [0.25, 0.3) is 0 Å². The van der Waals surface area contributed by atoms with Gasteiger partial charge in [0.2, 0.25) is 0 Å². The predicted molar refractivity (Wildman–Crippen MR) is 251 cm³/mol. The Balaban J connectivity index is 4.49. The predicted octanol–water partition coefficient (Wildman–Crippen LogP) is 15.3. The van der Waals surface area contributed by atoms with Crippen molar-refractivity contribution in [2.24, 2.45) is 11.8 Å². The highest BCUT2D eigenvalue weighted by Gasteiger charge is 2.16. The van der Waals surface area contributed by atoms with Crippen LogP contribution in [0.4, 0.5) is 0 Å². The van der Waals surface area contributed by atoms with E-state index in [9.17, 15) is 14.4 Å². The molecule has 0 N–H and O–H groups in total. The van der Waals surface area contributed by atoms with Crippen molar-refractivity contribution in [1.82, 2.24) is 4.90 Å². The second kappa shape index (κ2) is 44.4. The Kier molecular flexibility index (Phi) is 43.2. The van der Waals surface area contributed by atoms with Gasteiger partial charge < -0.3 is 19.1 Å². The van der Waals surface area contributed by atoms with E-state index in [0.717, 1.165) is 122 Å². The van der Waals surface area contributed by atoms with Crippen molar-refractivity contribution in [1.29, 1.82) is 0 Å². The summed E-state index contributed by atoms with van der Waals surface area (Å²) < 4.78 is 17.4. The van der Waals surface area contributed by atoms with Crippen LogP contribution >= 0.6 is 0 Å². The number of rotatable bonds is 46. The van der Waals surface area contributed by atoms with Gasteiger partial charge in [-0.15, -0.1) is 0 Å². The molecule has 0 saturated carbocycles. The number of carbonyl (C=O) groups excluding carboxylic acids is 3. The molecule has 0 aliphatic carbocycles. The zero-order chi connectivity index (χ0) is 43.4. The molecule has 0 aromatic rings. The summed E-state index contributed by atoms with van der Waals surface area (Å²) in [5.41, 5.74) is 0. The van der Waals surface area contributed by atoms with E-state index in [1.54, 1.807) is 0 Å². The molecule has 0 unspecified atom stereocenters. The molecule has 0 atom stereocenters. The van der Waals surface area contributed by atoms with Crippen LogP contribution in [-0.4, -0.2) is 61.8 Å². The van der Waals surface area contributed by atoms with Gasteiger partial charge in [0.25, 0.3) is 0 Å². The summed E-state index contributed by atoms with van der Waals surface area (Å²) in [5, 5.41) is 0. The third-order valence-electron chi connectivity index (χ3n) is 12.6. The lowest BCUT2D eigenvalue weighted by Gasteiger charge is -2.19. The lowest BCUT2D eigenvalue weighted by molar-refractivity contribution is -0.150. The quantitative estimate of drug-likeness (QED) is 0.0343. The number of esters is 3. The number of carbonyl (C=O) groups is 3. The molecular formula is C52H101NO6. The van der Waals surface area contributed by atoms with Gasteiger partial charge in [-0.05, 0) is 95.7 Å². The van der Waals surface area contributed by atoms with Crippen LogP contribution in [0.2, 0.25) is 0 Å². The SMILES string of the molecule is CCCCCC(CCCCC)CCOC(=O)CCCCCCCC(CCCCCCCC(=O)OCCC(CCCCC)CCCCC)OC(=O)CCCCN(CC)CC. The molecule has 0 heterocycles. The van der Waals surface area contributed by atoms with Gasteiger partial charge in [0.15, 0.2) is 0 Å². The first-order valence-electron chi connectivity index (χ1n) is 26.1. The van der Waals surface area contributed by atoms with Gasteiger partial charge >= 0.3 is 17.9 Å². The van der Waals surface area contributed by atoms with Gasteiger partial charge in [0.1, 0.15) is 6.10 Å². The van der Waals surface area contributed by atoms with Gasteiger partial charge in [-0.3, -0.25) is 14.4 Å². The maximum atomic E-state index is 12.9. The first-order valence-corrected chi connectivity index (χ1v) is 26.1. The molecule has 0 aromatic carbocycles. The number of hydrogen-bond acceptors (Lipinski definition) is 7. The summed E-state index contributed by atoms with van der Waals surface area (Å²) in [6.07, 6.45) is 38.0. The van der Waals surface area contributed by atoms with Crippen LogP contribution in [0.3, 0.4) is 0 Å². The first kappa shape index (κ1) is 57.4. The fourth-order valence-electron chi connectivity index (χ4n) is 8.42. The van der Waals surface area contributed by atoms with Crippen molar-refractivity contribution < 1.29 is 28.6 Å². The molecule has 0 rings (SSSR count).